The first-order valence-corrected chi connectivity index (χ1v) is 7.99. The van der Waals surface area contributed by atoms with Gasteiger partial charge < -0.3 is 10.5 Å². The van der Waals surface area contributed by atoms with Crippen molar-refractivity contribution in [2.75, 3.05) is 12.8 Å². The van der Waals surface area contributed by atoms with Gasteiger partial charge in [0.25, 0.3) is 0 Å². The molecule has 0 spiro atoms. The number of methoxy groups -OCH3 is 1. The normalized spacial score (nSPS) is 11.2. The van der Waals surface area contributed by atoms with Gasteiger partial charge >= 0.3 is 0 Å². The zero-order valence-electron chi connectivity index (χ0n) is 11.2. The molecular weight excluding hydrogens is 274 g/mol. The van der Waals surface area contributed by atoms with E-state index in [0.717, 1.165) is 5.56 Å². The van der Waals surface area contributed by atoms with E-state index >= 15 is 0 Å². The third kappa shape index (κ3) is 3.74. The smallest absolute Gasteiger partial charge is 0.158 e. The molecule has 106 valence electrons. The van der Waals surface area contributed by atoms with Gasteiger partial charge in [-0.25, -0.2) is 8.42 Å². The lowest BCUT2D eigenvalue weighted by Crippen LogP contribution is -2.08. The second-order valence-electron chi connectivity index (χ2n) is 4.59. The summed E-state index contributed by atoms with van der Waals surface area (Å²) >= 11 is 0. The zero-order valence-corrected chi connectivity index (χ0v) is 12.1. The van der Waals surface area contributed by atoms with E-state index in [9.17, 15) is 8.42 Å². The maximum atomic E-state index is 12.2. The summed E-state index contributed by atoms with van der Waals surface area (Å²) < 4.78 is 29.6. The van der Waals surface area contributed by atoms with E-state index in [1.165, 1.54) is 7.11 Å². The number of nitrogens with two attached hydrogens (primary N) is 1. The molecule has 2 rings (SSSR count). The molecule has 2 aromatic carbocycles. The lowest BCUT2D eigenvalue weighted by atomic mass is 10.2. The third-order valence-electron chi connectivity index (χ3n) is 2.92. The predicted octanol–water partition coefficient (Wildman–Crippen LogP) is 2.39. The van der Waals surface area contributed by atoms with Crippen LogP contribution in [-0.4, -0.2) is 15.5 Å². The van der Waals surface area contributed by atoms with Crippen LogP contribution in [0.5, 0.6) is 5.75 Å². The summed E-state index contributed by atoms with van der Waals surface area (Å²) in [6.07, 6.45) is 0. The van der Waals surface area contributed by atoms with Crippen molar-refractivity contribution >= 4 is 15.5 Å². The van der Waals surface area contributed by atoms with Gasteiger partial charge in [-0.15, -0.1) is 0 Å². The molecule has 0 aromatic heterocycles. The van der Waals surface area contributed by atoms with Crippen LogP contribution >= 0.6 is 0 Å². The van der Waals surface area contributed by atoms with Crippen LogP contribution in [0.4, 0.5) is 5.69 Å². The number of sulfone groups is 1. The molecule has 2 aromatic rings. The molecule has 4 nitrogen and oxygen atoms in total. The Kier molecular flexibility index (Phi) is 4.29. The molecule has 0 saturated carbocycles. The van der Waals surface area contributed by atoms with E-state index in [1.54, 1.807) is 30.3 Å². The largest absolute Gasteiger partial charge is 0.496 e. The summed E-state index contributed by atoms with van der Waals surface area (Å²) in [4.78, 5) is 0. The average Bonchev–Trinajstić information content (AvgIpc) is 2.41. The SMILES string of the molecule is COc1cc(N)ccc1CS(=O)(=O)Cc1ccccc1. The summed E-state index contributed by atoms with van der Waals surface area (Å²) in [7, 11) is -1.75. The number of rotatable bonds is 5. The molecule has 0 aliphatic carbocycles. The first-order chi connectivity index (χ1) is 9.50. The van der Waals surface area contributed by atoms with Gasteiger partial charge in [0.2, 0.25) is 0 Å². The number of hydrogen-bond donors (Lipinski definition) is 1. The van der Waals surface area contributed by atoms with Crippen molar-refractivity contribution < 1.29 is 13.2 Å². The fourth-order valence-corrected chi connectivity index (χ4v) is 3.51. The van der Waals surface area contributed by atoms with Gasteiger partial charge in [-0.3, -0.25) is 0 Å². The molecule has 0 unspecified atom stereocenters. The van der Waals surface area contributed by atoms with E-state index in [1.807, 2.05) is 18.2 Å². The minimum absolute atomic E-state index is 0.0152. The quantitative estimate of drug-likeness (QED) is 0.859. The first-order valence-electron chi connectivity index (χ1n) is 6.17. The third-order valence-corrected chi connectivity index (χ3v) is 4.44. The van der Waals surface area contributed by atoms with Crippen LogP contribution in [0.2, 0.25) is 0 Å². The van der Waals surface area contributed by atoms with Gasteiger partial charge in [-0.1, -0.05) is 36.4 Å². The van der Waals surface area contributed by atoms with E-state index < -0.39 is 9.84 Å². The molecule has 5 heteroatoms. The van der Waals surface area contributed by atoms with Crippen LogP contribution in [0, 0.1) is 0 Å². The standard InChI is InChI=1S/C15H17NO3S/c1-19-15-9-14(16)8-7-13(15)11-20(17,18)10-12-5-3-2-4-6-12/h2-9H,10-11,16H2,1H3. The van der Waals surface area contributed by atoms with Gasteiger partial charge in [-0.05, 0) is 11.6 Å². The van der Waals surface area contributed by atoms with Gasteiger partial charge in [0.1, 0.15) is 5.75 Å². The monoisotopic (exact) mass is 291 g/mol. The van der Waals surface area contributed by atoms with Crippen molar-refractivity contribution in [3.8, 4) is 5.75 Å². The number of benzene rings is 2. The first kappa shape index (κ1) is 14.4. The molecule has 0 aliphatic heterocycles. The summed E-state index contributed by atoms with van der Waals surface area (Å²) in [6, 6.07) is 14.1. The van der Waals surface area contributed by atoms with Crippen molar-refractivity contribution in [1.29, 1.82) is 0 Å². The number of ether oxygens (including phenoxy) is 1. The van der Waals surface area contributed by atoms with Crippen LogP contribution in [-0.2, 0) is 21.3 Å². The average molecular weight is 291 g/mol. The summed E-state index contributed by atoms with van der Waals surface area (Å²) in [5.41, 5.74) is 7.61. The second kappa shape index (κ2) is 5.96. The van der Waals surface area contributed by atoms with Crippen LogP contribution < -0.4 is 10.5 Å². The van der Waals surface area contributed by atoms with Crippen molar-refractivity contribution in [3.05, 3.63) is 59.7 Å². The molecule has 0 bridgehead atoms. The molecule has 0 saturated heterocycles. The Bertz CT molecular complexity index is 682. The van der Waals surface area contributed by atoms with Crippen molar-refractivity contribution in [2.45, 2.75) is 11.5 Å². The van der Waals surface area contributed by atoms with Crippen molar-refractivity contribution in [3.63, 3.8) is 0 Å². The summed E-state index contributed by atoms with van der Waals surface area (Å²) in [5, 5.41) is 0. The zero-order chi connectivity index (χ0) is 14.6. The molecule has 0 atom stereocenters. The maximum absolute atomic E-state index is 12.2. The van der Waals surface area contributed by atoms with Gasteiger partial charge in [0.15, 0.2) is 9.84 Å². The molecule has 20 heavy (non-hydrogen) atoms. The molecule has 0 aliphatic rings. The lowest BCUT2D eigenvalue weighted by Gasteiger charge is -2.10. The summed E-state index contributed by atoms with van der Waals surface area (Å²) in [6.45, 7) is 0. The van der Waals surface area contributed by atoms with Gasteiger partial charge in [0.05, 0.1) is 18.6 Å². The number of anilines is 1. The highest BCUT2D eigenvalue weighted by atomic mass is 32.2. The highest BCUT2D eigenvalue weighted by molar-refractivity contribution is 7.89. The molecule has 0 radical (unpaired) electrons. The minimum Gasteiger partial charge on any atom is -0.496 e. The Hall–Kier alpha value is -2.01. The predicted molar refractivity (Wildman–Crippen MR) is 80.2 cm³/mol. The molecule has 2 N–H and O–H groups in total. The van der Waals surface area contributed by atoms with Gasteiger partial charge in [-0.2, -0.15) is 0 Å². The van der Waals surface area contributed by atoms with E-state index in [2.05, 4.69) is 0 Å². The number of nitrogen functional groups attached to an aromatic ring is 1. The minimum atomic E-state index is -3.25. The second-order valence-corrected chi connectivity index (χ2v) is 6.65. The van der Waals surface area contributed by atoms with Crippen LogP contribution in [0.1, 0.15) is 11.1 Å². The van der Waals surface area contributed by atoms with Crippen molar-refractivity contribution in [1.82, 2.24) is 0 Å². The highest BCUT2D eigenvalue weighted by Gasteiger charge is 2.16. The Labute approximate surface area is 119 Å². The van der Waals surface area contributed by atoms with Crippen LogP contribution in [0.25, 0.3) is 0 Å². The topological polar surface area (TPSA) is 69.4 Å². The Morgan fingerprint density at radius 3 is 2.40 bits per heavy atom. The van der Waals surface area contributed by atoms with E-state index in [0.29, 0.717) is 17.0 Å². The van der Waals surface area contributed by atoms with Crippen LogP contribution in [0.15, 0.2) is 48.5 Å². The molecular formula is C15H17NO3S. The van der Waals surface area contributed by atoms with Crippen molar-refractivity contribution in [2.24, 2.45) is 0 Å². The highest BCUT2D eigenvalue weighted by Crippen LogP contribution is 2.24. The molecule has 0 amide bonds. The number of hydrogen-bond acceptors (Lipinski definition) is 4. The fraction of sp³-hybridized carbons (Fsp3) is 0.200. The fourth-order valence-electron chi connectivity index (χ4n) is 2.00. The Morgan fingerprint density at radius 2 is 1.75 bits per heavy atom. The molecule has 0 heterocycles. The van der Waals surface area contributed by atoms with E-state index in [4.69, 9.17) is 10.5 Å². The summed E-state index contributed by atoms with van der Waals surface area (Å²) in [5.74, 6) is 0.453. The van der Waals surface area contributed by atoms with Crippen LogP contribution in [0.3, 0.4) is 0 Å². The van der Waals surface area contributed by atoms with E-state index in [-0.39, 0.29) is 11.5 Å². The maximum Gasteiger partial charge on any atom is 0.158 e. The van der Waals surface area contributed by atoms with Gasteiger partial charge in [0, 0.05) is 17.3 Å². The Balaban J connectivity index is 2.20. The Morgan fingerprint density at radius 1 is 1.05 bits per heavy atom. The molecule has 0 fully saturated rings. The lowest BCUT2D eigenvalue weighted by molar-refractivity contribution is 0.411.